The van der Waals surface area contributed by atoms with E-state index in [4.69, 9.17) is 10.8 Å². The van der Waals surface area contributed by atoms with Gasteiger partial charge in [0.25, 0.3) is 11.8 Å². The van der Waals surface area contributed by atoms with Gasteiger partial charge in [0.05, 0.1) is 11.5 Å². The van der Waals surface area contributed by atoms with Crippen LogP contribution in [0.25, 0.3) is 0 Å². The lowest BCUT2D eigenvalue weighted by molar-refractivity contribution is 0.0955. The van der Waals surface area contributed by atoms with Gasteiger partial charge < -0.3 is 16.4 Å². The zero-order valence-corrected chi connectivity index (χ0v) is 21.4. The van der Waals surface area contributed by atoms with Crippen LogP contribution in [0.15, 0.2) is 41.2 Å². The molecule has 9 heteroatoms. The van der Waals surface area contributed by atoms with E-state index in [0.717, 1.165) is 22.3 Å². The highest BCUT2D eigenvalue weighted by atomic mass is 16.2. The Morgan fingerprint density at radius 3 is 1.89 bits per heavy atom. The van der Waals surface area contributed by atoms with Crippen molar-refractivity contribution < 1.29 is 9.59 Å². The van der Waals surface area contributed by atoms with Crippen LogP contribution in [-0.2, 0) is 18.3 Å². The predicted molar refractivity (Wildman–Crippen MR) is 138 cm³/mol. The monoisotopic (exact) mass is 490 g/mol. The van der Waals surface area contributed by atoms with Gasteiger partial charge in [-0.2, -0.15) is 5.10 Å². The van der Waals surface area contributed by atoms with Crippen molar-refractivity contribution in [1.29, 1.82) is 0 Å². The normalized spacial score (nSPS) is 15.0. The van der Waals surface area contributed by atoms with Crippen LogP contribution in [0.4, 0.5) is 0 Å². The number of hydrogen-bond donors (Lipinski definition) is 4. The van der Waals surface area contributed by atoms with Gasteiger partial charge in [0.2, 0.25) is 0 Å². The van der Waals surface area contributed by atoms with Crippen LogP contribution in [-0.4, -0.2) is 46.7 Å². The number of benzene rings is 2. The maximum Gasteiger partial charge on any atom is 0.343 e. The molecule has 2 amide bonds. The molecule has 1 aromatic heterocycles. The molecule has 0 radical (unpaired) electrons. The van der Waals surface area contributed by atoms with Crippen molar-refractivity contribution in [2.45, 2.75) is 57.5 Å². The number of carbonyl (C=O) groups excluding carboxylic acids is 2. The molecular weight excluding hydrogens is 456 g/mol. The van der Waals surface area contributed by atoms with Crippen molar-refractivity contribution >= 4 is 11.8 Å². The molecule has 1 heterocycles. The number of nitrogens with one attached hydrogen (secondary N) is 3. The van der Waals surface area contributed by atoms with E-state index in [-0.39, 0.29) is 29.6 Å². The Balaban J connectivity index is 2.09. The first-order valence-electron chi connectivity index (χ1n) is 12.3. The molecule has 0 saturated heterocycles. The van der Waals surface area contributed by atoms with Crippen molar-refractivity contribution in [2.24, 2.45) is 5.73 Å². The zero-order valence-electron chi connectivity index (χ0n) is 21.4. The third kappa shape index (κ3) is 4.24. The maximum absolute atomic E-state index is 12.9. The van der Waals surface area contributed by atoms with Gasteiger partial charge >= 0.3 is 5.69 Å². The minimum Gasteiger partial charge on any atom is -0.355 e. The fraction of sp³-hybridized carbons (Fsp3) is 0.407. The fourth-order valence-electron chi connectivity index (χ4n) is 5.35. The average Bonchev–Trinajstić information content (AvgIpc) is 3.21. The number of hydrogen-bond acceptors (Lipinski definition) is 5. The molecule has 9 nitrogen and oxygen atoms in total. The lowest BCUT2D eigenvalue weighted by Gasteiger charge is -2.36. The fourth-order valence-corrected chi connectivity index (χ4v) is 5.35. The van der Waals surface area contributed by atoms with Crippen molar-refractivity contribution in [2.75, 3.05) is 14.1 Å². The van der Waals surface area contributed by atoms with Gasteiger partial charge in [0.1, 0.15) is 5.82 Å². The molecule has 0 saturated carbocycles. The van der Waals surface area contributed by atoms with E-state index in [2.05, 4.69) is 15.6 Å². The Bertz CT molecular complexity index is 1300. The number of rotatable bonds is 6. The van der Waals surface area contributed by atoms with Crippen LogP contribution < -0.4 is 22.1 Å². The summed E-state index contributed by atoms with van der Waals surface area (Å²) in [5.74, 6) is 0.164. The van der Waals surface area contributed by atoms with Gasteiger partial charge in [0, 0.05) is 31.3 Å². The maximum atomic E-state index is 12.9. The topological polar surface area (TPSA) is 135 Å². The summed E-state index contributed by atoms with van der Waals surface area (Å²) in [7, 11) is 3.21. The van der Waals surface area contributed by atoms with Crippen LogP contribution in [0.2, 0.25) is 0 Å². The van der Waals surface area contributed by atoms with Gasteiger partial charge in [-0.15, -0.1) is 0 Å². The number of fused-ring (bicyclic) bond motifs is 2. The van der Waals surface area contributed by atoms with E-state index < -0.39 is 5.41 Å². The molecule has 0 fully saturated rings. The summed E-state index contributed by atoms with van der Waals surface area (Å²) in [6.07, 6.45) is 1.77. The summed E-state index contributed by atoms with van der Waals surface area (Å²) in [5, 5.41) is 10.2. The molecule has 1 aliphatic carbocycles. The average molecular weight is 491 g/mol. The molecule has 1 aliphatic rings. The summed E-state index contributed by atoms with van der Waals surface area (Å²) < 4.78 is 1.44. The Morgan fingerprint density at radius 2 is 1.50 bits per heavy atom. The first-order chi connectivity index (χ1) is 17.1. The second-order valence-corrected chi connectivity index (χ2v) is 9.81. The van der Waals surface area contributed by atoms with Gasteiger partial charge in [-0.25, -0.2) is 9.48 Å². The Hall–Kier alpha value is -3.72. The SMILES string of the molecule is CNC(=O)c1ccc2c(c1)CCc1cc(C(=O)NC)ccc1C2(C[C@@H](C)N)c1nn(C(C)C)c(=O)[nH]1. The van der Waals surface area contributed by atoms with E-state index in [1.807, 2.05) is 45.0 Å². The number of H-pyrrole nitrogens is 1. The van der Waals surface area contributed by atoms with Crippen LogP contribution >= 0.6 is 0 Å². The highest BCUT2D eigenvalue weighted by Crippen LogP contribution is 2.46. The van der Waals surface area contributed by atoms with Gasteiger partial charge in [-0.3, -0.25) is 14.6 Å². The molecule has 2 aromatic carbocycles. The Morgan fingerprint density at radius 1 is 1.00 bits per heavy atom. The summed E-state index contributed by atoms with van der Waals surface area (Å²) in [6, 6.07) is 11.0. The third-order valence-corrected chi connectivity index (χ3v) is 6.93. The van der Waals surface area contributed by atoms with Crippen molar-refractivity contribution in [1.82, 2.24) is 25.4 Å². The van der Waals surface area contributed by atoms with Gasteiger partial charge in [-0.1, -0.05) is 12.1 Å². The van der Waals surface area contributed by atoms with Crippen molar-refractivity contribution in [3.63, 3.8) is 0 Å². The molecule has 36 heavy (non-hydrogen) atoms. The minimum atomic E-state index is -0.878. The molecule has 5 N–H and O–H groups in total. The lowest BCUT2D eigenvalue weighted by atomic mass is 9.68. The van der Waals surface area contributed by atoms with E-state index >= 15 is 0 Å². The second kappa shape index (κ2) is 9.73. The third-order valence-electron chi connectivity index (χ3n) is 6.93. The molecule has 0 bridgehead atoms. The van der Waals surface area contributed by atoms with E-state index in [1.54, 1.807) is 26.2 Å². The Labute approximate surface area is 210 Å². The summed E-state index contributed by atoms with van der Waals surface area (Å²) in [4.78, 5) is 40.9. The second-order valence-electron chi connectivity index (χ2n) is 9.81. The number of carbonyl (C=O) groups is 2. The molecule has 3 aromatic rings. The van der Waals surface area contributed by atoms with Crippen molar-refractivity contribution in [3.8, 4) is 0 Å². The summed E-state index contributed by atoms with van der Waals surface area (Å²) >= 11 is 0. The number of aryl methyl sites for hydroxylation is 2. The van der Waals surface area contributed by atoms with Crippen LogP contribution in [0.3, 0.4) is 0 Å². The van der Waals surface area contributed by atoms with Crippen molar-refractivity contribution in [3.05, 3.63) is 86.1 Å². The number of amides is 2. The van der Waals surface area contributed by atoms with E-state index in [1.165, 1.54) is 4.68 Å². The van der Waals surface area contributed by atoms with Gasteiger partial charge in [-0.05, 0) is 86.6 Å². The van der Waals surface area contributed by atoms with Crippen LogP contribution in [0.5, 0.6) is 0 Å². The summed E-state index contributed by atoms with van der Waals surface area (Å²) in [6.45, 7) is 5.75. The predicted octanol–water partition coefficient (Wildman–Crippen LogP) is 2.04. The first kappa shape index (κ1) is 25.4. The zero-order chi connectivity index (χ0) is 26.2. The van der Waals surface area contributed by atoms with Gasteiger partial charge in [0.15, 0.2) is 0 Å². The lowest BCUT2D eigenvalue weighted by Crippen LogP contribution is -2.38. The molecular formula is C27H34N6O3. The number of nitrogens with zero attached hydrogens (tertiary/aromatic N) is 2. The highest BCUT2D eigenvalue weighted by Gasteiger charge is 2.45. The smallest absolute Gasteiger partial charge is 0.343 e. The molecule has 0 spiro atoms. The minimum absolute atomic E-state index is 0.133. The van der Waals surface area contributed by atoms with Crippen LogP contribution in [0, 0.1) is 0 Å². The molecule has 0 aliphatic heterocycles. The largest absolute Gasteiger partial charge is 0.355 e. The highest BCUT2D eigenvalue weighted by molar-refractivity contribution is 5.95. The molecule has 4 rings (SSSR count). The summed E-state index contributed by atoms with van der Waals surface area (Å²) in [5.41, 5.74) is 10.3. The van der Waals surface area contributed by atoms with E-state index in [9.17, 15) is 14.4 Å². The molecule has 190 valence electrons. The quantitative estimate of drug-likeness (QED) is 0.419. The first-order valence-corrected chi connectivity index (χ1v) is 12.3. The molecule has 1 atom stereocenters. The molecule has 0 unspecified atom stereocenters. The number of aromatic nitrogens is 3. The number of nitrogens with two attached hydrogens (primary N) is 1. The number of aromatic amines is 1. The standard InChI is InChI=1S/C27H34N6O3/c1-15(2)33-26(36)31-25(32-33)27(14-16(3)28)21-10-8-19(23(34)29-4)12-17(21)6-7-18-13-20(24(35)30-5)9-11-22(18)27/h8-13,15-16H,6-7,14,28H2,1-5H3,(H,29,34)(H,30,35)(H,31,32,36)/t16-/m1/s1. The van der Waals surface area contributed by atoms with E-state index in [0.29, 0.717) is 36.2 Å². The van der Waals surface area contributed by atoms with Crippen LogP contribution in [0.1, 0.15) is 82.0 Å². The Kier molecular flexibility index (Phi) is 6.86.